The fourth-order valence-corrected chi connectivity index (χ4v) is 2.55. The highest BCUT2D eigenvalue weighted by molar-refractivity contribution is 5.20. The van der Waals surface area contributed by atoms with Crippen molar-refractivity contribution in [3.8, 4) is 12.1 Å². The van der Waals surface area contributed by atoms with Gasteiger partial charge in [-0.3, -0.25) is 0 Å². The smallest absolute Gasteiger partial charge is 0.0843 e. The molecular weight excluding hydrogens is 284 g/mol. The molecule has 0 aliphatic rings. The molecule has 2 aromatic carbocycles. The molecule has 0 saturated heterocycles. The number of hydrogen-bond acceptors (Lipinski definition) is 3. The first kappa shape index (κ1) is 16.7. The van der Waals surface area contributed by atoms with Crippen LogP contribution in [0.2, 0.25) is 0 Å². The van der Waals surface area contributed by atoms with Gasteiger partial charge in [-0.1, -0.05) is 60.7 Å². The predicted octanol–water partition coefficient (Wildman–Crippen LogP) is 5.09. The van der Waals surface area contributed by atoms with E-state index in [2.05, 4.69) is 12.1 Å². The molecule has 3 nitrogen and oxygen atoms in total. The monoisotopic (exact) mass is 304 g/mol. The van der Waals surface area contributed by atoms with Crippen LogP contribution in [0.15, 0.2) is 60.7 Å². The zero-order chi connectivity index (χ0) is 16.3. The molecule has 2 atom stereocenters. The van der Waals surface area contributed by atoms with Crippen molar-refractivity contribution in [3.05, 3.63) is 71.8 Å². The molecule has 2 aromatic rings. The molecule has 0 heterocycles. The van der Waals surface area contributed by atoms with Crippen LogP contribution in [-0.2, 0) is 4.74 Å². The number of nitriles is 2. The van der Waals surface area contributed by atoms with E-state index < -0.39 is 0 Å². The number of nitrogens with zero attached hydrogens (tertiary/aromatic N) is 2. The van der Waals surface area contributed by atoms with Gasteiger partial charge in [0.25, 0.3) is 0 Å². The van der Waals surface area contributed by atoms with Crippen molar-refractivity contribution in [2.24, 2.45) is 0 Å². The summed E-state index contributed by atoms with van der Waals surface area (Å²) in [6.07, 6.45) is 1.91. The lowest BCUT2D eigenvalue weighted by Crippen LogP contribution is -2.11. The molecule has 0 saturated carbocycles. The maximum absolute atomic E-state index is 8.91. The number of rotatable bonds is 8. The van der Waals surface area contributed by atoms with E-state index in [1.165, 1.54) is 0 Å². The lowest BCUT2D eigenvalue weighted by molar-refractivity contribution is -0.0227. The Hall–Kier alpha value is -2.62. The topological polar surface area (TPSA) is 56.8 Å². The van der Waals surface area contributed by atoms with E-state index in [0.29, 0.717) is 25.7 Å². The molecule has 2 unspecified atom stereocenters. The predicted molar refractivity (Wildman–Crippen MR) is 89.1 cm³/mol. The Labute approximate surface area is 137 Å². The maximum Gasteiger partial charge on any atom is 0.0843 e. The minimum atomic E-state index is -0.139. The molecule has 0 fully saturated rings. The Morgan fingerprint density at radius 2 is 1.09 bits per heavy atom. The average Bonchev–Trinajstić information content (AvgIpc) is 2.62. The van der Waals surface area contributed by atoms with Gasteiger partial charge in [0, 0.05) is 12.8 Å². The van der Waals surface area contributed by atoms with Gasteiger partial charge < -0.3 is 4.74 Å². The van der Waals surface area contributed by atoms with Gasteiger partial charge in [0.15, 0.2) is 0 Å². The summed E-state index contributed by atoms with van der Waals surface area (Å²) in [4.78, 5) is 0. The SMILES string of the molecule is N#CCCC(OC(CCC#N)c1ccccc1)c1ccccc1. The van der Waals surface area contributed by atoms with E-state index in [0.717, 1.165) is 11.1 Å². The molecule has 0 N–H and O–H groups in total. The van der Waals surface area contributed by atoms with Crippen LogP contribution < -0.4 is 0 Å². The second-order valence-electron chi connectivity index (χ2n) is 5.33. The summed E-state index contributed by atoms with van der Waals surface area (Å²) in [5, 5.41) is 17.8. The Morgan fingerprint density at radius 1 is 0.696 bits per heavy atom. The summed E-state index contributed by atoms with van der Waals surface area (Å²) < 4.78 is 6.32. The molecule has 0 bridgehead atoms. The number of benzene rings is 2. The van der Waals surface area contributed by atoms with Crippen molar-refractivity contribution in [1.29, 1.82) is 10.5 Å². The van der Waals surface area contributed by atoms with Crippen LogP contribution in [0.5, 0.6) is 0 Å². The summed E-state index contributed by atoms with van der Waals surface area (Å²) in [6, 6.07) is 24.3. The molecule has 3 heteroatoms. The Bertz CT molecular complexity index is 596. The maximum atomic E-state index is 8.91. The third-order valence-electron chi connectivity index (χ3n) is 3.71. The standard InChI is InChI=1S/C20H20N2O/c21-15-7-13-19(17-9-3-1-4-10-17)23-20(14-8-16-22)18-11-5-2-6-12-18/h1-6,9-12,19-20H,7-8,13-14H2. The fraction of sp³-hybridized carbons (Fsp3) is 0.300. The quantitative estimate of drug-likeness (QED) is 0.682. The lowest BCUT2D eigenvalue weighted by Gasteiger charge is -2.25. The van der Waals surface area contributed by atoms with Crippen LogP contribution in [-0.4, -0.2) is 0 Å². The molecule has 0 radical (unpaired) electrons. The molecule has 0 aromatic heterocycles. The minimum absolute atomic E-state index is 0.139. The van der Waals surface area contributed by atoms with E-state index >= 15 is 0 Å². The Balaban J connectivity index is 2.19. The van der Waals surface area contributed by atoms with Crippen LogP contribution in [0.1, 0.15) is 49.0 Å². The highest BCUT2D eigenvalue weighted by Gasteiger charge is 2.19. The highest BCUT2D eigenvalue weighted by Crippen LogP contribution is 2.32. The average molecular weight is 304 g/mol. The molecule has 0 aliphatic heterocycles. The van der Waals surface area contributed by atoms with E-state index in [1.54, 1.807) is 0 Å². The normalized spacial score (nSPS) is 12.8. The van der Waals surface area contributed by atoms with Gasteiger partial charge in [0.1, 0.15) is 0 Å². The van der Waals surface area contributed by atoms with E-state index in [1.807, 2.05) is 60.7 Å². The second kappa shape index (κ2) is 9.41. The van der Waals surface area contributed by atoms with Crippen molar-refractivity contribution in [1.82, 2.24) is 0 Å². The second-order valence-corrected chi connectivity index (χ2v) is 5.33. The fourth-order valence-electron chi connectivity index (χ4n) is 2.55. The first-order valence-electron chi connectivity index (χ1n) is 7.84. The molecular formula is C20H20N2O. The molecule has 23 heavy (non-hydrogen) atoms. The lowest BCUT2D eigenvalue weighted by atomic mass is 10.0. The largest absolute Gasteiger partial charge is 0.366 e. The van der Waals surface area contributed by atoms with Crippen LogP contribution in [0.3, 0.4) is 0 Å². The van der Waals surface area contributed by atoms with Crippen LogP contribution >= 0.6 is 0 Å². The third kappa shape index (κ3) is 5.25. The van der Waals surface area contributed by atoms with Crippen molar-refractivity contribution < 1.29 is 4.74 Å². The number of ether oxygens (including phenoxy) is 1. The van der Waals surface area contributed by atoms with Crippen molar-refractivity contribution in [2.45, 2.75) is 37.9 Å². The van der Waals surface area contributed by atoms with Gasteiger partial charge in [-0.05, 0) is 24.0 Å². The van der Waals surface area contributed by atoms with E-state index in [9.17, 15) is 0 Å². The molecule has 2 rings (SSSR count). The van der Waals surface area contributed by atoms with Gasteiger partial charge in [-0.25, -0.2) is 0 Å². The third-order valence-corrected chi connectivity index (χ3v) is 3.71. The van der Waals surface area contributed by atoms with Crippen molar-refractivity contribution in [2.75, 3.05) is 0 Å². The van der Waals surface area contributed by atoms with Gasteiger partial charge in [-0.2, -0.15) is 10.5 Å². The summed E-state index contributed by atoms with van der Waals surface area (Å²) in [6.45, 7) is 0. The van der Waals surface area contributed by atoms with Gasteiger partial charge in [0.2, 0.25) is 0 Å². The van der Waals surface area contributed by atoms with Gasteiger partial charge in [-0.15, -0.1) is 0 Å². The van der Waals surface area contributed by atoms with Crippen LogP contribution in [0.25, 0.3) is 0 Å². The zero-order valence-corrected chi connectivity index (χ0v) is 13.1. The molecule has 0 spiro atoms. The Kier molecular flexibility index (Phi) is 6.85. The Morgan fingerprint density at radius 3 is 1.43 bits per heavy atom. The molecule has 116 valence electrons. The highest BCUT2D eigenvalue weighted by atomic mass is 16.5. The summed E-state index contributed by atoms with van der Waals surface area (Å²) >= 11 is 0. The first-order chi connectivity index (χ1) is 11.3. The molecule has 0 aliphatic carbocycles. The minimum Gasteiger partial charge on any atom is -0.366 e. The summed E-state index contributed by atoms with van der Waals surface area (Å²) in [7, 11) is 0. The van der Waals surface area contributed by atoms with Gasteiger partial charge in [0.05, 0.1) is 24.3 Å². The molecule has 0 amide bonds. The van der Waals surface area contributed by atoms with Crippen molar-refractivity contribution >= 4 is 0 Å². The number of hydrogen-bond donors (Lipinski definition) is 0. The summed E-state index contributed by atoms with van der Waals surface area (Å²) in [5.41, 5.74) is 2.14. The zero-order valence-electron chi connectivity index (χ0n) is 13.1. The van der Waals surface area contributed by atoms with Gasteiger partial charge >= 0.3 is 0 Å². The van der Waals surface area contributed by atoms with E-state index in [4.69, 9.17) is 15.3 Å². The van der Waals surface area contributed by atoms with Crippen LogP contribution in [0, 0.1) is 22.7 Å². The summed E-state index contributed by atoms with van der Waals surface area (Å²) in [5.74, 6) is 0. The van der Waals surface area contributed by atoms with Crippen LogP contribution in [0.4, 0.5) is 0 Å². The first-order valence-corrected chi connectivity index (χ1v) is 7.84. The van der Waals surface area contributed by atoms with E-state index in [-0.39, 0.29) is 12.2 Å². The van der Waals surface area contributed by atoms with Crippen molar-refractivity contribution in [3.63, 3.8) is 0 Å².